The fourth-order valence-corrected chi connectivity index (χ4v) is 3.79. The van der Waals surface area contributed by atoms with Crippen LogP contribution in [-0.2, 0) is 0 Å². The molecule has 3 saturated carbocycles. The molecule has 0 aliphatic heterocycles. The summed E-state index contributed by atoms with van der Waals surface area (Å²) in [4.78, 5) is 0. The van der Waals surface area contributed by atoms with E-state index in [9.17, 15) is 0 Å². The fraction of sp³-hybridized carbons (Fsp3) is 0.818. The molecule has 11 heavy (non-hydrogen) atoms. The van der Waals surface area contributed by atoms with Gasteiger partial charge in [-0.15, -0.1) is 0 Å². The van der Waals surface area contributed by atoms with E-state index in [4.69, 9.17) is 0 Å². The summed E-state index contributed by atoms with van der Waals surface area (Å²) in [7, 11) is 0. The van der Waals surface area contributed by atoms with Crippen LogP contribution in [0.25, 0.3) is 0 Å². The van der Waals surface area contributed by atoms with Gasteiger partial charge in [-0.1, -0.05) is 12.2 Å². The summed E-state index contributed by atoms with van der Waals surface area (Å²) >= 11 is 0. The molecular formula is C11H16. The third-order valence-corrected chi connectivity index (χ3v) is 4.30. The number of fused-ring (bicyclic) bond motifs is 2. The molecule has 3 rings (SSSR count). The molecule has 0 aromatic rings. The first-order valence-electron chi connectivity index (χ1n) is 5.03. The number of hydrogen-bond acceptors (Lipinski definition) is 0. The summed E-state index contributed by atoms with van der Waals surface area (Å²) in [6.45, 7) is 4.28. The highest BCUT2D eigenvalue weighted by Gasteiger charge is 2.46. The Balaban J connectivity index is 2.02. The van der Waals surface area contributed by atoms with Gasteiger partial charge in [-0.25, -0.2) is 0 Å². The van der Waals surface area contributed by atoms with Crippen LogP contribution in [0.2, 0.25) is 0 Å². The minimum atomic E-state index is 0.950. The fourth-order valence-electron chi connectivity index (χ4n) is 3.79. The van der Waals surface area contributed by atoms with E-state index in [1.807, 2.05) is 0 Å². The molecule has 3 fully saturated rings. The standard InChI is InChI=1S/C11H16/c1-7-9-4-8-2-3-11(7)10(5-8)6-9/h8-11H,1-6H2/t8-,9+,10-,11+/m1/s1. The van der Waals surface area contributed by atoms with Crippen molar-refractivity contribution in [3.05, 3.63) is 12.2 Å². The highest BCUT2D eigenvalue weighted by atomic mass is 14.5. The first-order valence-corrected chi connectivity index (χ1v) is 5.03. The van der Waals surface area contributed by atoms with Crippen LogP contribution in [0.5, 0.6) is 0 Å². The zero-order chi connectivity index (χ0) is 7.42. The van der Waals surface area contributed by atoms with Crippen molar-refractivity contribution in [3.8, 4) is 0 Å². The highest BCUT2D eigenvalue weighted by molar-refractivity contribution is 5.18. The highest BCUT2D eigenvalue weighted by Crippen LogP contribution is 2.57. The first kappa shape index (κ1) is 6.28. The van der Waals surface area contributed by atoms with Gasteiger partial charge in [-0.05, 0) is 55.8 Å². The molecule has 0 amide bonds. The lowest BCUT2D eigenvalue weighted by atomic mass is 9.72. The van der Waals surface area contributed by atoms with Crippen molar-refractivity contribution < 1.29 is 0 Å². The largest absolute Gasteiger partial charge is 0.0993 e. The molecule has 0 unspecified atom stereocenters. The van der Waals surface area contributed by atoms with Crippen molar-refractivity contribution >= 4 is 0 Å². The van der Waals surface area contributed by atoms with Crippen LogP contribution in [0.1, 0.15) is 32.1 Å². The van der Waals surface area contributed by atoms with E-state index in [1.165, 1.54) is 25.7 Å². The van der Waals surface area contributed by atoms with Crippen LogP contribution >= 0.6 is 0 Å². The van der Waals surface area contributed by atoms with E-state index in [0.29, 0.717) is 0 Å². The zero-order valence-corrected chi connectivity index (χ0v) is 7.05. The van der Waals surface area contributed by atoms with Crippen LogP contribution < -0.4 is 0 Å². The van der Waals surface area contributed by atoms with E-state index in [1.54, 1.807) is 12.0 Å². The molecule has 3 aliphatic carbocycles. The van der Waals surface area contributed by atoms with Crippen molar-refractivity contribution in [3.63, 3.8) is 0 Å². The summed E-state index contributed by atoms with van der Waals surface area (Å²) in [5.74, 6) is 4.07. The Morgan fingerprint density at radius 1 is 1.09 bits per heavy atom. The van der Waals surface area contributed by atoms with Crippen LogP contribution in [-0.4, -0.2) is 0 Å². The first-order chi connectivity index (χ1) is 5.34. The Kier molecular flexibility index (Phi) is 1.09. The molecule has 0 nitrogen and oxygen atoms in total. The van der Waals surface area contributed by atoms with Gasteiger partial charge in [0, 0.05) is 0 Å². The third kappa shape index (κ3) is 0.706. The number of hydrogen-bond donors (Lipinski definition) is 0. The van der Waals surface area contributed by atoms with E-state index >= 15 is 0 Å². The van der Waals surface area contributed by atoms with Crippen LogP contribution in [0.3, 0.4) is 0 Å². The van der Waals surface area contributed by atoms with Gasteiger partial charge in [0.15, 0.2) is 0 Å². The zero-order valence-electron chi connectivity index (χ0n) is 7.05. The summed E-state index contributed by atoms with van der Waals surface area (Å²) in [5, 5.41) is 0. The minimum absolute atomic E-state index is 0.950. The van der Waals surface area contributed by atoms with Crippen molar-refractivity contribution in [2.24, 2.45) is 23.7 Å². The predicted molar refractivity (Wildman–Crippen MR) is 46.2 cm³/mol. The topological polar surface area (TPSA) is 0 Å². The second kappa shape index (κ2) is 1.91. The molecule has 3 bridgehead atoms. The average molecular weight is 148 g/mol. The average Bonchev–Trinajstić information content (AvgIpc) is 2.14. The molecule has 0 N–H and O–H groups in total. The van der Waals surface area contributed by atoms with E-state index in [0.717, 1.165) is 23.7 Å². The summed E-state index contributed by atoms with van der Waals surface area (Å²) < 4.78 is 0. The Hall–Kier alpha value is -0.260. The molecule has 0 spiro atoms. The van der Waals surface area contributed by atoms with Gasteiger partial charge in [-0.3, -0.25) is 0 Å². The molecule has 0 aromatic carbocycles. The molecule has 4 atom stereocenters. The maximum atomic E-state index is 4.28. The Bertz CT molecular complexity index is 204. The Morgan fingerprint density at radius 2 is 2.00 bits per heavy atom. The lowest BCUT2D eigenvalue weighted by Gasteiger charge is -2.33. The van der Waals surface area contributed by atoms with Crippen LogP contribution in [0, 0.1) is 23.7 Å². The normalized spacial score (nSPS) is 53.6. The van der Waals surface area contributed by atoms with Crippen LogP contribution in [0.4, 0.5) is 0 Å². The second-order valence-electron chi connectivity index (χ2n) is 4.79. The minimum Gasteiger partial charge on any atom is -0.0993 e. The lowest BCUT2D eigenvalue weighted by molar-refractivity contribution is 0.178. The quantitative estimate of drug-likeness (QED) is 0.463. The van der Waals surface area contributed by atoms with Gasteiger partial charge in [0.1, 0.15) is 0 Å². The predicted octanol–water partition coefficient (Wildman–Crippen LogP) is 3.00. The Labute approximate surface area is 68.7 Å². The molecule has 0 heteroatoms. The van der Waals surface area contributed by atoms with Crippen molar-refractivity contribution in [2.45, 2.75) is 32.1 Å². The Morgan fingerprint density at radius 3 is 2.91 bits per heavy atom. The van der Waals surface area contributed by atoms with Gasteiger partial charge in [0.25, 0.3) is 0 Å². The van der Waals surface area contributed by atoms with Gasteiger partial charge in [-0.2, -0.15) is 0 Å². The molecule has 0 heterocycles. The summed E-state index contributed by atoms with van der Waals surface area (Å²) in [6, 6.07) is 0. The number of allylic oxidation sites excluding steroid dienone is 1. The molecule has 0 saturated heterocycles. The maximum absolute atomic E-state index is 4.28. The second-order valence-corrected chi connectivity index (χ2v) is 4.79. The van der Waals surface area contributed by atoms with Gasteiger partial charge >= 0.3 is 0 Å². The molecule has 0 aromatic heterocycles. The summed E-state index contributed by atoms with van der Waals surface area (Å²) in [6.07, 6.45) is 7.52. The smallest absolute Gasteiger partial charge is 0.0174 e. The molecule has 0 radical (unpaired) electrons. The van der Waals surface area contributed by atoms with Gasteiger partial charge in [0.2, 0.25) is 0 Å². The SMILES string of the molecule is C=C1[C@H]2C[C@H]3CC[C@@H]1[C@H](C3)C2. The van der Waals surface area contributed by atoms with E-state index in [2.05, 4.69) is 6.58 Å². The molecular weight excluding hydrogens is 132 g/mol. The van der Waals surface area contributed by atoms with Crippen molar-refractivity contribution in [1.29, 1.82) is 0 Å². The monoisotopic (exact) mass is 148 g/mol. The lowest BCUT2D eigenvalue weighted by Crippen LogP contribution is -2.22. The van der Waals surface area contributed by atoms with Crippen molar-refractivity contribution in [1.82, 2.24) is 0 Å². The van der Waals surface area contributed by atoms with Crippen LogP contribution in [0.15, 0.2) is 12.2 Å². The number of rotatable bonds is 0. The third-order valence-electron chi connectivity index (χ3n) is 4.30. The van der Waals surface area contributed by atoms with E-state index < -0.39 is 0 Å². The summed E-state index contributed by atoms with van der Waals surface area (Å²) in [5.41, 5.74) is 1.63. The maximum Gasteiger partial charge on any atom is -0.0174 e. The molecule has 60 valence electrons. The van der Waals surface area contributed by atoms with Gasteiger partial charge < -0.3 is 0 Å². The van der Waals surface area contributed by atoms with E-state index in [-0.39, 0.29) is 0 Å². The van der Waals surface area contributed by atoms with Gasteiger partial charge in [0.05, 0.1) is 0 Å². The molecule has 3 aliphatic rings. The van der Waals surface area contributed by atoms with Crippen molar-refractivity contribution in [2.75, 3.05) is 0 Å².